The summed E-state index contributed by atoms with van der Waals surface area (Å²) in [6, 6.07) is 5.23. The van der Waals surface area contributed by atoms with Crippen molar-refractivity contribution >= 4 is 0 Å². The third-order valence-corrected chi connectivity index (χ3v) is 4.47. The Morgan fingerprint density at radius 1 is 1.23 bits per heavy atom. The van der Waals surface area contributed by atoms with E-state index in [1.54, 1.807) is 0 Å². The van der Waals surface area contributed by atoms with Gasteiger partial charge in [0, 0.05) is 25.7 Å². The monoisotopic (exact) mass is 315 g/mol. The fourth-order valence-corrected chi connectivity index (χ4v) is 3.37. The summed E-state index contributed by atoms with van der Waals surface area (Å²) in [5.41, 5.74) is 0.183. The highest BCUT2D eigenvalue weighted by Gasteiger charge is 2.35. The molecule has 2 aliphatic heterocycles. The zero-order valence-corrected chi connectivity index (χ0v) is 12.2. The van der Waals surface area contributed by atoms with Crippen LogP contribution >= 0.6 is 0 Å². The van der Waals surface area contributed by atoms with Crippen LogP contribution in [0.2, 0.25) is 0 Å². The van der Waals surface area contributed by atoms with E-state index in [0.29, 0.717) is 13.0 Å². The summed E-state index contributed by atoms with van der Waals surface area (Å²) in [5.74, 6) is 0. The van der Waals surface area contributed by atoms with Gasteiger partial charge in [0.1, 0.15) is 0 Å². The van der Waals surface area contributed by atoms with Crippen LogP contribution in [-0.4, -0.2) is 41.9 Å². The molecule has 3 rings (SSSR count). The van der Waals surface area contributed by atoms with Gasteiger partial charge in [-0.1, -0.05) is 12.1 Å². The molecule has 22 heavy (non-hydrogen) atoms. The molecule has 0 amide bonds. The summed E-state index contributed by atoms with van der Waals surface area (Å²) in [6.45, 7) is 2.04. The van der Waals surface area contributed by atoms with E-state index in [2.05, 4.69) is 4.90 Å². The van der Waals surface area contributed by atoms with E-state index >= 15 is 0 Å². The molecule has 6 heteroatoms. The first-order chi connectivity index (χ1) is 10.4. The minimum absolute atomic E-state index is 0.0403. The number of likely N-dealkylation sites (tertiary alicyclic amines) is 1. The van der Waals surface area contributed by atoms with Crippen LogP contribution < -0.4 is 0 Å². The average molecular weight is 315 g/mol. The van der Waals surface area contributed by atoms with E-state index in [9.17, 15) is 18.3 Å². The molecule has 2 saturated heterocycles. The predicted octanol–water partition coefficient (Wildman–Crippen LogP) is 2.99. The van der Waals surface area contributed by atoms with Crippen molar-refractivity contribution < 1.29 is 23.0 Å². The van der Waals surface area contributed by atoms with E-state index in [0.717, 1.165) is 43.7 Å². The Kier molecular flexibility index (Phi) is 4.43. The number of alkyl halides is 3. The largest absolute Gasteiger partial charge is 0.416 e. The van der Waals surface area contributed by atoms with E-state index in [1.807, 2.05) is 0 Å². The number of halogens is 3. The molecular weight excluding hydrogens is 295 g/mol. The van der Waals surface area contributed by atoms with Gasteiger partial charge in [-0.05, 0) is 37.0 Å². The number of aliphatic hydroxyl groups is 1. The fourth-order valence-electron chi connectivity index (χ4n) is 3.37. The van der Waals surface area contributed by atoms with Crippen molar-refractivity contribution in [3.63, 3.8) is 0 Å². The van der Waals surface area contributed by atoms with Crippen LogP contribution in [0, 0.1) is 0 Å². The Balaban J connectivity index is 1.73. The second-order valence-electron chi connectivity index (χ2n) is 6.11. The average Bonchev–Trinajstić information content (AvgIpc) is 3.08. The number of hydrogen-bond donors (Lipinski definition) is 1. The van der Waals surface area contributed by atoms with Gasteiger partial charge in [0.15, 0.2) is 0 Å². The topological polar surface area (TPSA) is 32.7 Å². The van der Waals surface area contributed by atoms with Crippen molar-refractivity contribution in [2.75, 3.05) is 19.7 Å². The van der Waals surface area contributed by atoms with Crippen LogP contribution in [0.3, 0.4) is 0 Å². The zero-order valence-electron chi connectivity index (χ0n) is 12.2. The highest BCUT2D eigenvalue weighted by molar-refractivity contribution is 5.27. The second-order valence-corrected chi connectivity index (χ2v) is 6.11. The van der Waals surface area contributed by atoms with Gasteiger partial charge in [0.2, 0.25) is 0 Å². The molecule has 2 heterocycles. The smallest absolute Gasteiger partial charge is 0.392 e. The summed E-state index contributed by atoms with van der Waals surface area (Å²) in [4.78, 5) is 2.13. The summed E-state index contributed by atoms with van der Waals surface area (Å²) in [5, 5.41) is 9.93. The third kappa shape index (κ3) is 3.45. The number of hydrogen-bond acceptors (Lipinski definition) is 3. The van der Waals surface area contributed by atoms with Gasteiger partial charge in [0.05, 0.1) is 17.8 Å². The third-order valence-electron chi connectivity index (χ3n) is 4.47. The molecule has 1 aromatic rings. The number of β-amino-alcohol motifs (C(OH)–C–C–N with tert-alkyl or cyclic N) is 1. The molecule has 0 aliphatic carbocycles. The van der Waals surface area contributed by atoms with E-state index in [4.69, 9.17) is 4.74 Å². The maximum absolute atomic E-state index is 12.6. The van der Waals surface area contributed by atoms with Crippen molar-refractivity contribution in [2.45, 2.75) is 43.7 Å². The van der Waals surface area contributed by atoms with Gasteiger partial charge in [-0.15, -0.1) is 0 Å². The first-order valence-electron chi connectivity index (χ1n) is 7.64. The lowest BCUT2D eigenvalue weighted by atomic mass is 10.0. The van der Waals surface area contributed by atoms with E-state index in [1.165, 1.54) is 12.1 Å². The highest BCUT2D eigenvalue weighted by atomic mass is 19.4. The Labute approximate surface area is 127 Å². The molecule has 0 radical (unpaired) electrons. The Hall–Kier alpha value is -1.11. The molecule has 0 unspecified atom stereocenters. The lowest BCUT2D eigenvalue weighted by Crippen LogP contribution is -2.32. The van der Waals surface area contributed by atoms with Gasteiger partial charge < -0.3 is 9.84 Å². The highest BCUT2D eigenvalue weighted by Crippen LogP contribution is 2.35. The second kappa shape index (κ2) is 6.18. The molecule has 0 spiro atoms. The summed E-state index contributed by atoms with van der Waals surface area (Å²) >= 11 is 0. The van der Waals surface area contributed by atoms with Crippen molar-refractivity contribution in [3.05, 3.63) is 35.4 Å². The molecule has 1 aromatic carbocycles. The molecule has 0 saturated carbocycles. The van der Waals surface area contributed by atoms with Crippen LogP contribution in [0.25, 0.3) is 0 Å². The van der Waals surface area contributed by atoms with Crippen LogP contribution in [0.1, 0.15) is 36.4 Å². The van der Waals surface area contributed by atoms with Crippen molar-refractivity contribution in [1.82, 2.24) is 4.90 Å². The Bertz CT molecular complexity index is 497. The van der Waals surface area contributed by atoms with Crippen LogP contribution in [0.4, 0.5) is 13.2 Å². The lowest BCUT2D eigenvalue weighted by molar-refractivity contribution is -0.137. The van der Waals surface area contributed by atoms with Crippen molar-refractivity contribution in [2.24, 2.45) is 0 Å². The molecular formula is C16H20F3NO2. The molecule has 0 bridgehead atoms. The quantitative estimate of drug-likeness (QED) is 0.931. The zero-order chi connectivity index (χ0) is 15.7. The van der Waals surface area contributed by atoms with Gasteiger partial charge in [0.25, 0.3) is 0 Å². The minimum atomic E-state index is -4.31. The molecule has 122 valence electrons. The minimum Gasteiger partial charge on any atom is -0.392 e. The van der Waals surface area contributed by atoms with Gasteiger partial charge in [-0.2, -0.15) is 13.2 Å². The molecule has 3 nitrogen and oxygen atoms in total. The number of rotatable bonds is 3. The van der Waals surface area contributed by atoms with E-state index < -0.39 is 17.8 Å². The van der Waals surface area contributed by atoms with Gasteiger partial charge >= 0.3 is 6.18 Å². The Morgan fingerprint density at radius 2 is 1.95 bits per heavy atom. The van der Waals surface area contributed by atoms with Crippen molar-refractivity contribution in [1.29, 1.82) is 0 Å². The normalized spacial score (nSPS) is 30.1. The number of aliphatic hydroxyl groups excluding tert-OH is 1. The first kappa shape index (κ1) is 15.8. The van der Waals surface area contributed by atoms with E-state index in [-0.39, 0.29) is 12.1 Å². The fraction of sp³-hybridized carbons (Fsp3) is 0.625. The maximum Gasteiger partial charge on any atom is 0.416 e. The maximum atomic E-state index is 12.6. The Morgan fingerprint density at radius 3 is 2.55 bits per heavy atom. The van der Waals surface area contributed by atoms with Crippen LogP contribution in [0.5, 0.6) is 0 Å². The molecule has 2 aliphatic rings. The summed E-state index contributed by atoms with van der Waals surface area (Å²) in [7, 11) is 0. The van der Waals surface area contributed by atoms with Crippen molar-refractivity contribution in [3.8, 4) is 0 Å². The molecule has 3 atom stereocenters. The number of nitrogens with zero attached hydrogens (tertiary/aromatic N) is 1. The lowest BCUT2D eigenvalue weighted by Gasteiger charge is -2.27. The molecule has 2 fully saturated rings. The van der Waals surface area contributed by atoms with Crippen LogP contribution in [-0.2, 0) is 10.9 Å². The first-order valence-corrected chi connectivity index (χ1v) is 7.64. The number of ether oxygens (including phenoxy) is 1. The summed E-state index contributed by atoms with van der Waals surface area (Å²) in [6.07, 6.45) is -1.97. The molecule has 1 N–H and O–H groups in total. The molecule has 0 aromatic heterocycles. The number of benzene rings is 1. The SMILES string of the molecule is O[C@@H]1C[C@@H](c2ccc(C(F)(F)F)cc2)N(C[C@H]2CCCO2)C1. The van der Waals surface area contributed by atoms with Gasteiger partial charge in [-0.3, -0.25) is 4.90 Å². The standard InChI is InChI=1S/C16H20F3NO2/c17-16(18,19)12-5-3-11(4-6-12)15-8-13(21)9-20(15)10-14-2-1-7-22-14/h3-6,13-15,21H,1-2,7-10H2/t13-,14-,15+/m1/s1. The van der Waals surface area contributed by atoms with Gasteiger partial charge in [-0.25, -0.2) is 0 Å². The summed E-state index contributed by atoms with van der Waals surface area (Å²) < 4.78 is 43.5. The predicted molar refractivity (Wildman–Crippen MR) is 75.4 cm³/mol. The van der Waals surface area contributed by atoms with Crippen LogP contribution in [0.15, 0.2) is 24.3 Å².